The van der Waals surface area contributed by atoms with E-state index in [0.29, 0.717) is 13.0 Å². The normalized spacial score (nSPS) is 17.8. The number of nitrogens with one attached hydrogen (secondary N) is 2. The fourth-order valence-electron chi connectivity index (χ4n) is 1.94. The van der Waals surface area contributed by atoms with Crippen molar-refractivity contribution in [1.82, 2.24) is 15.3 Å². The Bertz CT molecular complexity index is 343. The number of amides is 1. The lowest BCUT2D eigenvalue weighted by Crippen LogP contribution is -2.50. The van der Waals surface area contributed by atoms with E-state index in [-0.39, 0.29) is 11.4 Å². The molecule has 0 bridgehead atoms. The van der Waals surface area contributed by atoms with Crippen LogP contribution >= 0.6 is 0 Å². The molecule has 0 unspecified atom stereocenters. The fraction of sp³-hybridized carbons (Fsp3) is 0.636. The first-order chi connectivity index (χ1) is 7.68. The summed E-state index contributed by atoms with van der Waals surface area (Å²) in [5.74, 6) is 0.945. The molecule has 16 heavy (non-hydrogen) atoms. The SMILES string of the molecule is NC1(CC(=O)NCCc2ncc[nH]2)CCC1. The lowest BCUT2D eigenvalue weighted by molar-refractivity contribution is -0.122. The predicted molar refractivity (Wildman–Crippen MR) is 60.7 cm³/mol. The van der Waals surface area contributed by atoms with E-state index in [1.807, 2.05) is 0 Å². The van der Waals surface area contributed by atoms with E-state index in [9.17, 15) is 4.79 Å². The van der Waals surface area contributed by atoms with Crippen LogP contribution in [0.2, 0.25) is 0 Å². The topological polar surface area (TPSA) is 83.8 Å². The number of carbonyl (C=O) groups is 1. The molecule has 1 amide bonds. The predicted octanol–water partition coefficient (Wildman–Crippen LogP) is 0.340. The molecule has 1 aromatic heterocycles. The third-order valence-electron chi connectivity index (χ3n) is 3.10. The van der Waals surface area contributed by atoms with Crippen LogP contribution in [0.3, 0.4) is 0 Å². The molecule has 5 heteroatoms. The number of nitrogens with two attached hydrogens (primary N) is 1. The molecule has 1 saturated carbocycles. The maximum Gasteiger partial charge on any atom is 0.221 e. The molecule has 1 heterocycles. The Morgan fingerprint density at radius 3 is 3.00 bits per heavy atom. The Hall–Kier alpha value is -1.36. The fourth-order valence-corrected chi connectivity index (χ4v) is 1.94. The van der Waals surface area contributed by atoms with Crippen LogP contribution < -0.4 is 11.1 Å². The van der Waals surface area contributed by atoms with E-state index in [0.717, 1.165) is 31.5 Å². The van der Waals surface area contributed by atoms with Gasteiger partial charge < -0.3 is 16.0 Å². The van der Waals surface area contributed by atoms with Crippen LogP contribution in [0.5, 0.6) is 0 Å². The van der Waals surface area contributed by atoms with Crippen LogP contribution in [0.4, 0.5) is 0 Å². The Labute approximate surface area is 94.8 Å². The van der Waals surface area contributed by atoms with Gasteiger partial charge in [0.1, 0.15) is 5.82 Å². The summed E-state index contributed by atoms with van der Waals surface area (Å²) in [5.41, 5.74) is 5.76. The second-order valence-electron chi connectivity index (χ2n) is 4.53. The van der Waals surface area contributed by atoms with Gasteiger partial charge >= 0.3 is 0 Å². The van der Waals surface area contributed by atoms with Crippen LogP contribution in [0.25, 0.3) is 0 Å². The summed E-state index contributed by atoms with van der Waals surface area (Å²) in [7, 11) is 0. The van der Waals surface area contributed by atoms with Gasteiger partial charge in [0.15, 0.2) is 0 Å². The van der Waals surface area contributed by atoms with Crippen LogP contribution in [-0.2, 0) is 11.2 Å². The molecule has 0 aromatic carbocycles. The minimum Gasteiger partial charge on any atom is -0.356 e. The molecule has 0 saturated heterocycles. The van der Waals surface area contributed by atoms with Crippen molar-refractivity contribution in [3.8, 4) is 0 Å². The molecular weight excluding hydrogens is 204 g/mol. The smallest absolute Gasteiger partial charge is 0.221 e. The number of aromatic nitrogens is 2. The van der Waals surface area contributed by atoms with Crippen LogP contribution in [-0.4, -0.2) is 28.0 Å². The number of hydrogen-bond donors (Lipinski definition) is 3. The summed E-state index contributed by atoms with van der Waals surface area (Å²) in [6.07, 6.45) is 7.76. The minimum absolute atomic E-state index is 0.0498. The van der Waals surface area contributed by atoms with Gasteiger partial charge in [0.25, 0.3) is 0 Å². The zero-order chi connectivity index (χ0) is 11.4. The lowest BCUT2D eigenvalue weighted by Gasteiger charge is -2.37. The van der Waals surface area contributed by atoms with Gasteiger partial charge in [-0.1, -0.05) is 0 Å². The monoisotopic (exact) mass is 222 g/mol. The highest BCUT2D eigenvalue weighted by molar-refractivity contribution is 5.77. The van der Waals surface area contributed by atoms with Gasteiger partial charge in [-0.25, -0.2) is 4.98 Å². The van der Waals surface area contributed by atoms with Crippen LogP contribution in [0.1, 0.15) is 31.5 Å². The van der Waals surface area contributed by atoms with E-state index >= 15 is 0 Å². The summed E-state index contributed by atoms with van der Waals surface area (Å²) < 4.78 is 0. The number of aromatic amines is 1. The van der Waals surface area contributed by atoms with E-state index < -0.39 is 0 Å². The van der Waals surface area contributed by atoms with Crippen molar-refractivity contribution >= 4 is 5.91 Å². The molecule has 0 radical (unpaired) electrons. The maximum atomic E-state index is 11.6. The van der Waals surface area contributed by atoms with Gasteiger partial charge in [-0.05, 0) is 19.3 Å². The van der Waals surface area contributed by atoms with Gasteiger partial charge in [-0.3, -0.25) is 4.79 Å². The second kappa shape index (κ2) is 4.65. The molecule has 1 aliphatic carbocycles. The van der Waals surface area contributed by atoms with Crippen molar-refractivity contribution in [2.75, 3.05) is 6.54 Å². The minimum atomic E-state index is -0.227. The highest BCUT2D eigenvalue weighted by Gasteiger charge is 2.34. The van der Waals surface area contributed by atoms with Gasteiger partial charge in [-0.2, -0.15) is 0 Å². The quantitative estimate of drug-likeness (QED) is 0.671. The summed E-state index contributed by atoms with van der Waals surface area (Å²) >= 11 is 0. The molecule has 88 valence electrons. The summed E-state index contributed by atoms with van der Waals surface area (Å²) in [6.45, 7) is 0.614. The lowest BCUT2D eigenvalue weighted by atomic mass is 9.75. The Morgan fingerprint density at radius 2 is 2.44 bits per heavy atom. The zero-order valence-electron chi connectivity index (χ0n) is 9.33. The van der Waals surface area contributed by atoms with Gasteiger partial charge in [0.05, 0.1) is 0 Å². The molecule has 1 fully saturated rings. The number of imidazole rings is 1. The van der Waals surface area contributed by atoms with Crippen molar-refractivity contribution < 1.29 is 4.79 Å². The highest BCUT2D eigenvalue weighted by atomic mass is 16.1. The van der Waals surface area contributed by atoms with Gasteiger partial charge in [0.2, 0.25) is 5.91 Å². The largest absolute Gasteiger partial charge is 0.356 e. The number of nitrogens with zero attached hydrogens (tertiary/aromatic N) is 1. The molecule has 4 N–H and O–H groups in total. The van der Waals surface area contributed by atoms with Crippen molar-refractivity contribution in [3.05, 3.63) is 18.2 Å². The third kappa shape index (κ3) is 2.82. The van der Waals surface area contributed by atoms with Crippen molar-refractivity contribution in [2.24, 2.45) is 5.73 Å². The summed E-state index contributed by atoms with van der Waals surface area (Å²) in [5, 5.41) is 2.87. The van der Waals surface area contributed by atoms with Gasteiger partial charge in [-0.15, -0.1) is 0 Å². The van der Waals surface area contributed by atoms with Crippen molar-refractivity contribution in [2.45, 2.75) is 37.6 Å². The molecule has 5 nitrogen and oxygen atoms in total. The highest BCUT2D eigenvalue weighted by Crippen LogP contribution is 2.31. The van der Waals surface area contributed by atoms with E-state index in [2.05, 4.69) is 15.3 Å². The van der Waals surface area contributed by atoms with Gasteiger partial charge in [0, 0.05) is 37.3 Å². The molecule has 0 atom stereocenters. The number of carbonyl (C=O) groups excluding carboxylic acids is 1. The van der Waals surface area contributed by atoms with Crippen molar-refractivity contribution in [3.63, 3.8) is 0 Å². The molecular formula is C11H18N4O. The summed E-state index contributed by atoms with van der Waals surface area (Å²) in [4.78, 5) is 18.6. The van der Waals surface area contributed by atoms with E-state index in [4.69, 9.17) is 5.73 Å². The van der Waals surface area contributed by atoms with Crippen molar-refractivity contribution in [1.29, 1.82) is 0 Å². The standard InChI is InChI=1S/C11H18N4O/c12-11(3-1-4-11)8-10(16)15-5-2-9-13-6-7-14-9/h6-7H,1-5,8,12H2,(H,13,14)(H,15,16). The zero-order valence-corrected chi connectivity index (χ0v) is 9.33. The molecule has 2 rings (SSSR count). The van der Waals surface area contributed by atoms with E-state index in [1.54, 1.807) is 12.4 Å². The Balaban J connectivity index is 1.64. The van der Waals surface area contributed by atoms with E-state index in [1.165, 1.54) is 0 Å². The Morgan fingerprint density at radius 1 is 1.62 bits per heavy atom. The molecule has 1 aliphatic rings. The Kier molecular flexibility index (Phi) is 3.24. The summed E-state index contributed by atoms with van der Waals surface area (Å²) in [6, 6.07) is 0. The first-order valence-corrected chi connectivity index (χ1v) is 5.72. The average Bonchev–Trinajstić information content (AvgIpc) is 2.68. The maximum absolute atomic E-state index is 11.6. The van der Waals surface area contributed by atoms with Crippen LogP contribution in [0, 0.1) is 0 Å². The molecule has 1 aromatic rings. The molecule has 0 aliphatic heterocycles. The second-order valence-corrected chi connectivity index (χ2v) is 4.53. The number of rotatable bonds is 5. The first kappa shape index (κ1) is 11.1. The number of H-pyrrole nitrogens is 1. The number of hydrogen-bond acceptors (Lipinski definition) is 3. The molecule has 0 spiro atoms. The van der Waals surface area contributed by atoms with Crippen LogP contribution in [0.15, 0.2) is 12.4 Å². The first-order valence-electron chi connectivity index (χ1n) is 5.72. The third-order valence-corrected chi connectivity index (χ3v) is 3.10. The average molecular weight is 222 g/mol.